The van der Waals surface area contributed by atoms with E-state index >= 15 is 0 Å². The molecule has 2 amide bonds. The number of hydrogen-bond acceptors (Lipinski definition) is 5. The Hall–Kier alpha value is -3.81. The Bertz CT molecular complexity index is 1170. The highest BCUT2D eigenvalue weighted by molar-refractivity contribution is 6.03. The Morgan fingerprint density at radius 3 is 2.52 bits per heavy atom. The van der Waals surface area contributed by atoms with Crippen LogP contribution in [0.15, 0.2) is 48.5 Å². The number of nitrogens with one attached hydrogen (secondary N) is 1. The Labute approximate surface area is 192 Å². The first-order valence-electron chi connectivity index (χ1n) is 11.1. The molecule has 1 saturated carbocycles. The van der Waals surface area contributed by atoms with Gasteiger partial charge in [-0.1, -0.05) is 49.7 Å². The van der Waals surface area contributed by atoms with E-state index in [1.807, 2.05) is 30.3 Å². The molecule has 0 bridgehead atoms. The molecule has 0 unspecified atom stereocenters. The predicted molar refractivity (Wildman–Crippen MR) is 127 cm³/mol. The average Bonchev–Trinajstić information content (AvgIpc) is 3.40. The van der Waals surface area contributed by atoms with Crippen molar-refractivity contribution >= 4 is 17.6 Å². The van der Waals surface area contributed by atoms with E-state index in [9.17, 15) is 9.59 Å². The van der Waals surface area contributed by atoms with Gasteiger partial charge in [-0.25, -0.2) is 4.68 Å². The van der Waals surface area contributed by atoms with Gasteiger partial charge in [-0.3, -0.25) is 9.59 Å². The van der Waals surface area contributed by atoms with E-state index in [0.717, 1.165) is 30.4 Å². The van der Waals surface area contributed by atoms with Gasteiger partial charge in [0.25, 0.3) is 11.8 Å². The molecule has 0 saturated heterocycles. The van der Waals surface area contributed by atoms with Gasteiger partial charge in [0.15, 0.2) is 0 Å². The van der Waals surface area contributed by atoms with Gasteiger partial charge in [0, 0.05) is 12.1 Å². The Kier molecular flexibility index (Phi) is 6.35. The molecule has 4 rings (SSSR count). The number of anilines is 1. The zero-order valence-corrected chi connectivity index (χ0v) is 18.9. The van der Waals surface area contributed by atoms with Crippen LogP contribution in [0.1, 0.15) is 58.5 Å². The van der Waals surface area contributed by atoms with Crippen molar-refractivity contribution in [1.29, 1.82) is 0 Å². The summed E-state index contributed by atoms with van der Waals surface area (Å²) in [5, 5.41) is 7.60. The van der Waals surface area contributed by atoms with E-state index in [1.165, 1.54) is 7.11 Å². The van der Waals surface area contributed by atoms with Crippen LogP contribution in [0.4, 0.5) is 5.82 Å². The molecule has 3 aromatic rings. The summed E-state index contributed by atoms with van der Waals surface area (Å²) >= 11 is 0. The van der Waals surface area contributed by atoms with Gasteiger partial charge >= 0.3 is 0 Å². The van der Waals surface area contributed by atoms with Crippen molar-refractivity contribution in [1.82, 2.24) is 15.1 Å². The van der Waals surface area contributed by atoms with Gasteiger partial charge in [-0.15, -0.1) is 0 Å². The van der Waals surface area contributed by atoms with Gasteiger partial charge in [0.1, 0.15) is 22.8 Å². The molecule has 8 heteroatoms. The molecule has 2 atom stereocenters. The molecule has 1 heterocycles. The van der Waals surface area contributed by atoms with E-state index in [-0.39, 0.29) is 17.5 Å². The summed E-state index contributed by atoms with van der Waals surface area (Å²) < 4.78 is 7.02. The van der Waals surface area contributed by atoms with Crippen molar-refractivity contribution in [2.45, 2.75) is 38.8 Å². The topological polar surface area (TPSA) is 125 Å². The van der Waals surface area contributed by atoms with Crippen molar-refractivity contribution in [2.24, 2.45) is 11.7 Å². The van der Waals surface area contributed by atoms with Crippen LogP contribution in [0.2, 0.25) is 0 Å². The van der Waals surface area contributed by atoms with Crippen LogP contribution in [0, 0.1) is 5.92 Å². The van der Waals surface area contributed by atoms with Crippen molar-refractivity contribution in [3.63, 3.8) is 0 Å². The number of para-hydroxylation sites is 1. The van der Waals surface area contributed by atoms with Crippen LogP contribution < -0.4 is 21.5 Å². The van der Waals surface area contributed by atoms with Crippen LogP contribution >= 0.6 is 0 Å². The number of nitrogen functional groups attached to an aromatic ring is 1. The molecule has 1 aliphatic rings. The Morgan fingerprint density at radius 2 is 1.88 bits per heavy atom. The lowest BCUT2D eigenvalue weighted by Crippen LogP contribution is -2.23. The molecule has 1 aromatic heterocycles. The number of benzene rings is 2. The molecular weight excluding hydrogens is 418 g/mol. The summed E-state index contributed by atoms with van der Waals surface area (Å²) in [5.74, 6) is 0.478. The fraction of sp³-hybridized carbons (Fsp3) is 0.320. The Balaban J connectivity index is 1.53. The molecule has 172 valence electrons. The molecule has 2 aromatic carbocycles. The Morgan fingerprint density at radius 1 is 1.15 bits per heavy atom. The quantitative estimate of drug-likeness (QED) is 0.511. The fourth-order valence-electron chi connectivity index (χ4n) is 4.52. The molecule has 0 spiro atoms. The largest absolute Gasteiger partial charge is 0.496 e. The second kappa shape index (κ2) is 9.36. The van der Waals surface area contributed by atoms with Gasteiger partial charge in [-0.2, -0.15) is 5.10 Å². The number of amides is 2. The lowest BCUT2D eigenvalue weighted by molar-refractivity contribution is 0.0946. The molecule has 0 aliphatic heterocycles. The minimum Gasteiger partial charge on any atom is -0.496 e. The van der Waals surface area contributed by atoms with Crippen molar-refractivity contribution in [3.8, 4) is 17.0 Å². The zero-order chi connectivity index (χ0) is 23.5. The maximum Gasteiger partial charge on any atom is 0.255 e. The highest BCUT2D eigenvalue weighted by Crippen LogP contribution is 2.39. The van der Waals surface area contributed by atoms with Crippen LogP contribution in [-0.4, -0.2) is 28.7 Å². The molecule has 0 radical (unpaired) electrons. The standard InChI is InChI=1S/C25H29N5O3/c1-15-6-5-8-19(15)30-23(26)21(24(27)31)22(29-30)17-12-10-16(11-13-17)14-28-25(32)18-7-3-4-9-20(18)33-2/h3-4,7,9-13,15,19H,5-6,8,14,26H2,1-2H3,(H2,27,31)(H,28,32)/t15-,19-/m1/s1. The summed E-state index contributed by atoms with van der Waals surface area (Å²) in [6.45, 7) is 2.52. The first kappa shape index (κ1) is 22.4. The number of carbonyl (C=O) groups excluding carboxylic acids is 2. The molecule has 5 N–H and O–H groups in total. The highest BCUT2D eigenvalue weighted by Gasteiger charge is 2.31. The first-order chi connectivity index (χ1) is 15.9. The molecule has 8 nitrogen and oxygen atoms in total. The number of nitrogens with zero attached hydrogens (tertiary/aromatic N) is 2. The smallest absolute Gasteiger partial charge is 0.255 e. The summed E-state index contributed by atoms with van der Waals surface area (Å²) in [4.78, 5) is 24.7. The van der Waals surface area contributed by atoms with Crippen LogP contribution in [0.3, 0.4) is 0 Å². The van der Waals surface area contributed by atoms with Gasteiger partial charge in [0.05, 0.1) is 18.7 Å². The van der Waals surface area contributed by atoms with E-state index in [2.05, 4.69) is 12.2 Å². The van der Waals surface area contributed by atoms with E-state index in [1.54, 1.807) is 22.9 Å². The third-order valence-electron chi connectivity index (χ3n) is 6.36. The molecule has 1 aliphatic carbocycles. The molecule has 1 fully saturated rings. The number of nitrogens with two attached hydrogens (primary N) is 2. The maximum atomic E-state index is 12.5. The average molecular weight is 448 g/mol. The number of carbonyl (C=O) groups is 2. The summed E-state index contributed by atoms with van der Waals surface area (Å²) in [6.07, 6.45) is 3.21. The van der Waals surface area contributed by atoms with Crippen LogP contribution in [0.5, 0.6) is 5.75 Å². The van der Waals surface area contributed by atoms with Crippen LogP contribution in [-0.2, 0) is 6.54 Å². The van der Waals surface area contributed by atoms with E-state index < -0.39 is 5.91 Å². The predicted octanol–water partition coefficient (Wildman–Crippen LogP) is 3.53. The van der Waals surface area contributed by atoms with Gasteiger partial charge in [-0.05, 0) is 36.5 Å². The normalized spacial score (nSPS) is 17.6. The third kappa shape index (κ3) is 4.41. The third-order valence-corrected chi connectivity index (χ3v) is 6.36. The van der Waals surface area contributed by atoms with Gasteiger partial charge < -0.3 is 21.5 Å². The lowest BCUT2D eigenvalue weighted by Gasteiger charge is -2.17. The second-order valence-electron chi connectivity index (χ2n) is 8.47. The minimum absolute atomic E-state index is 0.168. The zero-order valence-electron chi connectivity index (χ0n) is 18.9. The van der Waals surface area contributed by atoms with Crippen molar-refractivity contribution in [3.05, 3.63) is 65.2 Å². The van der Waals surface area contributed by atoms with E-state index in [4.69, 9.17) is 21.3 Å². The number of aromatic nitrogens is 2. The number of rotatable bonds is 7. The fourth-order valence-corrected chi connectivity index (χ4v) is 4.52. The molecular formula is C25H29N5O3. The number of ether oxygens (including phenoxy) is 1. The van der Waals surface area contributed by atoms with Crippen molar-refractivity contribution in [2.75, 3.05) is 12.8 Å². The van der Waals surface area contributed by atoms with E-state index in [0.29, 0.717) is 35.3 Å². The second-order valence-corrected chi connectivity index (χ2v) is 8.47. The summed E-state index contributed by atoms with van der Waals surface area (Å²) in [6, 6.07) is 14.7. The van der Waals surface area contributed by atoms with Crippen molar-refractivity contribution < 1.29 is 14.3 Å². The van der Waals surface area contributed by atoms with Crippen LogP contribution in [0.25, 0.3) is 11.3 Å². The molecule has 33 heavy (non-hydrogen) atoms. The number of hydrogen-bond donors (Lipinski definition) is 3. The number of primary amides is 1. The highest BCUT2D eigenvalue weighted by atomic mass is 16.5. The first-order valence-corrected chi connectivity index (χ1v) is 11.1. The minimum atomic E-state index is -0.590. The maximum absolute atomic E-state index is 12.5. The lowest BCUT2D eigenvalue weighted by atomic mass is 10.0. The van der Waals surface area contributed by atoms with Gasteiger partial charge in [0.2, 0.25) is 0 Å². The number of methoxy groups -OCH3 is 1. The summed E-state index contributed by atoms with van der Waals surface area (Å²) in [5.41, 5.74) is 14.8. The summed E-state index contributed by atoms with van der Waals surface area (Å²) in [7, 11) is 1.53. The SMILES string of the molecule is COc1ccccc1C(=O)NCc1ccc(-c2nn([C@@H]3CCC[C@H]3C)c(N)c2C(N)=O)cc1. The monoisotopic (exact) mass is 447 g/mol.